The number of hydrogen-bond donors (Lipinski definition) is 2. The van der Waals surface area contributed by atoms with E-state index >= 15 is 0 Å². The average molecular weight is 420 g/mol. The van der Waals surface area contributed by atoms with E-state index < -0.39 is 6.10 Å². The minimum Gasteiger partial charge on any atom is -0.490 e. The topological polar surface area (TPSA) is 51.7 Å². The van der Waals surface area contributed by atoms with Gasteiger partial charge in [-0.05, 0) is 36.4 Å². The van der Waals surface area contributed by atoms with Crippen LogP contribution >= 0.6 is 23.2 Å². The Kier molecular flexibility index (Phi) is 5.97. The number of hydrogen-bond acceptors (Lipinski definition) is 4. The van der Waals surface area contributed by atoms with Crippen LogP contribution in [0.15, 0.2) is 48.7 Å². The van der Waals surface area contributed by atoms with Gasteiger partial charge in [0.15, 0.2) is 0 Å². The third kappa shape index (κ3) is 4.39. The molecule has 2 N–H and O–H groups in total. The monoisotopic (exact) mass is 419 g/mol. The molecule has 1 aliphatic rings. The number of anilines is 1. The van der Waals surface area contributed by atoms with E-state index in [0.29, 0.717) is 16.6 Å². The van der Waals surface area contributed by atoms with E-state index in [2.05, 4.69) is 14.8 Å². The Balaban J connectivity index is 1.26. The first-order valence-electron chi connectivity index (χ1n) is 9.39. The van der Waals surface area contributed by atoms with Gasteiger partial charge in [-0.15, -0.1) is 0 Å². The normalized spacial score (nSPS) is 16.5. The Labute approximate surface area is 174 Å². The molecule has 148 valence electrons. The number of fused-ring (bicyclic) bond motifs is 1. The molecule has 5 nitrogen and oxygen atoms in total. The molecule has 0 spiro atoms. The Morgan fingerprint density at radius 2 is 1.86 bits per heavy atom. The highest BCUT2D eigenvalue weighted by Gasteiger charge is 2.20. The number of aromatic nitrogens is 1. The molecule has 4 rings (SSSR count). The fraction of sp³-hybridized carbons (Fsp3) is 0.333. The van der Waals surface area contributed by atoms with Crippen LogP contribution in [0.3, 0.4) is 0 Å². The lowest BCUT2D eigenvalue weighted by atomic mass is 10.2. The molecule has 2 aromatic carbocycles. The molecule has 1 aliphatic heterocycles. The summed E-state index contributed by atoms with van der Waals surface area (Å²) < 4.78 is 5.86. The van der Waals surface area contributed by atoms with Gasteiger partial charge in [-0.3, -0.25) is 4.90 Å². The first kappa shape index (κ1) is 19.4. The fourth-order valence-electron chi connectivity index (χ4n) is 3.59. The number of H-pyrrole nitrogens is 1. The molecule has 0 aliphatic carbocycles. The SMILES string of the molecule is O[C@H](COc1cccc2[nH]ccc12)CN1CCN(c2ccc(Cl)c(Cl)c2)CC1. The minimum absolute atomic E-state index is 0.275. The van der Waals surface area contributed by atoms with Gasteiger partial charge in [0, 0.05) is 55.5 Å². The molecular weight excluding hydrogens is 397 g/mol. The molecule has 1 atom stereocenters. The molecule has 3 aromatic rings. The van der Waals surface area contributed by atoms with E-state index in [1.54, 1.807) is 0 Å². The molecule has 2 heterocycles. The Hall–Kier alpha value is -1.92. The number of nitrogens with zero attached hydrogens (tertiary/aromatic N) is 2. The summed E-state index contributed by atoms with van der Waals surface area (Å²) in [5, 5.41) is 12.6. The van der Waals surface area contributed by atoms with Crippen LogP contribution in [-0.2, 0) is 0 Å². The second-order valence-corrected chi connectivity index (χ2v) is 7.86. The maximum absolute atomic E-state index is 10.4. The van der Waals surface area contributed by atoms with Crippen molar-refractivity contribution in [3.63, 3.8) is 0 Å². The number of halogens is 2. The van der Waals surface area contributed by atoms with Gasteiger partial charge in [0.05, 0.1) is 10.0 Å². The van der Waals surface area contributed by atoms with Crippen molar-refractivity contribution < 1.29 is 9.84 Å². The average Bonchev–Trinajstić information content (AvgIpc) is 3.18. The zero-order valence-electron chi connectivity index (χ0n) is 15.4. The van der Waals surface area contributed by atoms with E-state index in [4.69, 9.17) is 27.9 Å². The smallest absolute Gasteiger partial charge is 0.128 e. The van der Waals surface area contributed by atoms with Crippen LogP contribution < -0.4 is 9.64 Å². The van der Waals surface area contributed by atoms with E-state index in [-0.39, 0.29) is 6.61 Å². The second-order valence-electron chi connectivity index (χ2n) is 7.05. The number of nitrogens with one attached hydrogen (secondary N) is 1. The van der Waals surface area contributed by atoms with Crippen molar-refractivity contribution in [1.29, 1.82) is 0 Å². The third-order valence-electron chi connectivity index (χ3n) is 5.10. The van der Waals surface area contributed by atoms with Gasteiger partial charge in [0.25, 0.3) is 0 Å². The molecule has 28 heavy (non-hydrogen) atoms. The first-order valence-corrected chi connectivity index (χ1v) is 10.1. The third-order valence-corrected chi connectivity index (χ3v) is 5.83. The molecule has 7 heteroatoms. The first-order chi connectivity index (χ1) is 13.6. The van der Waals surface area contributed by atoms with Crippen LogP contribution in [0.1, 0.15) is 0 Å². The van der Waals surface area contributed by atoms with Crippen molar-refractivity contribution in [2.75, 3.05) is 44.2 Å². The number of β-amino-alcohol motifs (C(OH)–C–C–N with tert-alkyl or cyclic N) is 1. The van der Waals surface area contributed by atoms with Crippen molar-refractivity contribution in [2.45, 2.75) is 6.10 Å². The number of aliphatic hydroxyl groups is 1. The summed E-state index contributed by atoms with van der Waals surface area (Å²) in [5.41, 5.74) is 2.11. The van der Waals surface area contributed by atoms with Crippen LogP contribution in [0.2, 0.25) is 10.0 Å². The molecule has 0 unspecified atom stereocenters. The zero-order chi connectivity index (χ0) is 19.5. The van der Waals surface area contributed by atoms with Crippen LogP contribution in [0.4, 0.5) is 5.69 Å². The highest BCUT2D eigenvalue weighted by atomic mass is 35.5. The van der Waals surface area contributed by atoms with E-state index in [1.165, 1.54) is 0 Å². The molecule has 0 bridgehead atoms. The standard InChI is InChI=1S/C21H23Cl2N3O2/c22-18-5-4-15(12-19(18)23)26-10-8-25(9-11-26)13-16(27)14-28-21-3-1-2-20-17(21)6-7-24-20/h1-7,12,16,24,27H,8-11,13-14H2/t16-/m0/s1. The highest BCUT2D eigenvalue weighted by molar-refractivity contribution is 6.42. The van der Waals surface area contributed by atoms with Gasteiger partial charge in [-0.2, -0.15) is 0 Å². The van der Waals surface area contributed by atoms with Crippen molar-refractivity contribution in [2.24, 2.45) is 0 Å². The lowest BCUT2D eigenvalue weighted by molar-refractivity contribution is 0.0668. The summed E-state index contributed by atoms with van der Waals surface area (Å²) in [6.07, 6.45) is 1.35. The van der Waals surface area contributed by atoms with Gasteiger partial charge in [0.1, 0.15) is 18.5 Å². The molecule has 0 radical (unpaired) electrons. The van der Waals surface area contributed by atoms with E-state index in [9.17, 15) is 5.11 Å². The van der Waals surface area contributed by atoms with Gasteiger partial charge >= 0.3 is 0 Å². The number of piperazine rings is 1. The second kappa shape index (κ2) is 8.62. The van der Waals surface area contributed by atoms with Crippen LogP contribution in [0, 0.1) is 0 Å². The maximum atomic E-state index is 10.4. The van der Waals surface area contributed by atoms with E-state index in [0.717, 1.165) is 48.5 Å². The largest absolute Gasteiger partial charge is 0.490 e. The fourth-order valence-corrected chi connectivity index (χ4v) is 3.88. The van der Waals surface area contributed by atoms with Crippen molar-refractivity contribution in [3.8, 4) is 5.75 Å². The van der Waals surface area contributed by atoms with Gasteiger partial charge < -0.3 is 19.7 Å². The summed E-state index contributed by atoms with van der Waals surface area (Å²) in [7, 11) is 0. The summed E-state index contributed by atoms with van der Waals surface area (Å²) in [5.74, 6) is 0.794. The van der Waals surface area contributed by atoms with Crippen LogP contribution in [0.25, 0.3) is 10.9 Å². The highest BCUT2D eigenvalue weighted by Crippen LogP contribution is 2.28. The number of rotatable bonds is 6. The lowest BCUT2D eigenvalue weighted by Gasteiger charge is -2.37. The van der Waals surface area contributed by atoms with Gasteiger partial charge in [-0.25, -0.2) is 0 Å². The predicted octanol–water partition coefficient (Wildman–Crippen LogP) is 4.04. The van der Waals surface area contributed by atoms with E-state index in [1.807, 2.05) is 48.7 Å². The predicted molar refractivity (Wildman–Crippen MR) is 115 cm³/mol. The minimum atomic E-state index is -0.536. The van der Waals surface area contributed by atoms with Crippen LogP contribution in [0.5, 0.6) is 5.75 Å². The summed E-state index contributed by atoms with van der Waals surface area (Å²) in [6, 6.07) is 13.6. The number of aromatic amines is 1. The summed E-state index contributed by atoms with van der Waals surface area (Å²) >= 11 is 12.1. The van der Waals surface area contributed by atoms with Crippen molar-refractivity contribution in [1.82, 2.24) is 9.88 Å². The molecule has 1 fully saturated rings. The molecule has 1 aromatic heterocycles. The summed E-state index contributed by atoms with van der Waals surface area (Å²) in [4.78, 5) is 7.72. The lowest BCUT2D eigenvalue weighted by Crippen LogP contribution is -2.49. The van der Waals surface area contributed by atoms with Crippen molar-refractivity contribution >= 4 is 39.8 Å². The maximum Gasteiger partial charge on any atom is 0.128 e. The number of aliphatic hydroxyl groups excluding tert-OH is 1. The molecule has 1 saturated heterocycles. The van der Waals surface area contributed by atoms with Gasteiger partial charge in [-0.1, -0.05) is 29.3 Å². The molecule has 0 amide bonds. The Bertz CT molecular complexity index is 938. The number of ether oxygens (including phenoxy) is 1. The van der Waals surface area contributed by atoms with Crippen molar-refractivity contribution in [3.05, 3.63) is 58.7 Å². The Morgan fingerprint density at radius 3 is 2.64 bits per heavy atom. The van der Waals surface area contributed by atoms with Gasteiger partial charge in [0.2, 0.25) is 0 Å². The summed E-state index contributed by atoms with van der Waals surface area (Å²) in [6.45, 7) is 4.40. The molecule has 0 saturated carbocycles. The Morgan fingerprint density at radius 1 is 1.04 bits per heavy atom. The number of benzene rings is 2. The zero-order valence-corrected chi connectivity index (χ0v) is 17.0. The van der Waals surface area contributed by atoms with Crippen LogP contribution in [-0.4, -0.2) is 60.4 Å². The quantitative estimate of drug-likeness (QED) is 0.632. The molecular formula is C21H23Cl2N3O2.